The number of hydrogen-bond donors (Lipinski definition) is 2. The number of anilines is 1. The van der Waals surface area contributed by atoms with Gasteiger partial charge in [0.05, 0.1) is 11.4 Å². The molecule has 1 aromatic rings. The molecule has 1 rings (SSSR count). The molecule has 0 fully saturated rings. The summed E-state index contributed by atoms with van der Waals surface area (Å²) < 4.78 is 26.2. The minimum atomic E-state index is -3.40. The average molecular weight is 257 g/mol. The van der Waals surface area contributed by atoms with Crippen molar-refractivity contribution in [1.29, 1.82) is 0 Å². The number of rotatable bonds is 5. The zero-order chi connectivity index (χ0) is 13.1. The van der Waals surface area contributed by atoms with Crippen LogP contribution >= 0.6 is 0 Å². The van der Waals surface area contributed by atoms with Gasteiger partial charge in [-0.05, 0) is 37.0 Å². The highest BCUT2D eigenvalue weighted by atomic mass is 32.2. The van der Waals surface area contributed by atoms with Crippen LogP contribution in [-0.4, -0.2) is 25.9 Å². The van der Waals surface area contributed by atoms with Crippen molar-refractivity contribution < 1.29 is 13.5 Å². The van der Waals surface area contributed by atoms with Crippen LogP contribution in [-0.2, 0) is 10.0 Å². The number of aliphatic hydroxyl groups is 1. The van der Waals surface area contributed by atoms with E-state index in [0.29, 0.717) is 5.69 Å². The predicted molar refractivity (Wildman–Crippen MR) is 69.6 cm³/mol. The van der Waals surface area contributed by atoms with Crippen molar-refractivity contribution >= 4 is 15.7 Å². The van der Waals surface area contributed by atoms with Crippen LogP contribution in [0.5, 0.6) is 0 Å². The Hall–Kier alpha value is -1.07. The average Bonchev–Trinajstić information content (AvgIpc) is 2.23. The first kappa shape index (κ1) is 14.0. The third-order valence-electron chi connectivity index (χ3n) is 2.69. The van der Waals surface area contributed by atoms with Crippen molar-refractivity contribution in [3.8, 4) is 0 Å². The monoisotopic (exact) mass is 257 g/mol. The molecule has 0 aliphatic carbocycles. The van der Waals surface area contributed by atoms with Crippen molar-refractivity contribution in [3.05, 3.63) is 29.3 Å². The molecule has 0 aliphatic rings. The highest BCUT2D eigenvalue weighted by molar-refractivity contribution is 7.92. The molecular formula is C12H19NO3S. The SMILES string of the molecule is Cc1cccc(NS(=O)(=O)CC(C)CO)c1C. The van der Waals surface area contributed by atoms with Crippen LogP contribution in [0.2, 0.25) is 0 Å². The first-order valence-electron chi connectivity index (χ1n) is 5.53. The Labute approximate surface area is 103 Å². The smallest absolute Gasteiger partial charge is 0.233 e. The van der Waals surface area contributed by atoms with Gasteiger partial charge in [0.15, 0.2) is 0 Å². The van der Waals surface area contributed by atoms with Crippen molar-refractivity contribution in [2.24, 2.45) is 5.92 Å². The van der Waals surface area contributed by atoms with Crippen LogP contribution in [0, 0.1) is 19.8 Å². The summed E-state index contributed by atoms with van der Waals surface area (Å²) in [5.41, 5.74) is 2.57. The lowest BCUT2D eigenvalue weighted by Gasteiger charge is -2.14. The Bertz CT molecular complexity index is 483. The lowest BCUT2D eigenvalue weighted by atomic mass is 10.1. The molecule has 2 N–H and O–H groups in total. The van der Waals surface area contributed by atoms with Gasteiger partial charge in [-0.15, -0.1) is 0 Å². The summed E-state index contributed by atoms with van der Waals surface area (Å²) in [7, 11) is -3.40. The maximum absolute atomic E-state index is 11.8. The summed E-state index contributed by atoms with van der Waals surface area (Å²) in [5.74, 6) is -0.339. The Kier molecular flexibility index (Phi) is 4.54. The summed E-state index contributed by atoms with van der Waals surface area (Å²) in [6.45, 7) is 5.38. The minimum Gasteiger partial charge on any atom is -0.396 e. The molecule has 5 heteroatoms. The molecule has 0 saturated heterocycles. The second-order valence-electron chi connectivity index (χ2n) is 4.42. The maximum Gasteiger partial charge on any atom is 0.233 e. The van der Waals surface area contributed by atoms with E-state index in [1.54, 1.807) is 13.0 Å². The summed E-state index contributed by atoms with van der Waals surface area (Å²) >= 11 is 0. The van der Waals surface area contributed by atoms with E-state index in [4.69, 9.17) is 5.11 Å². The van der Waals surface area contributed by atoms with Gasteiger partial charge in [0.25, 0.3) is 0 Å². The zero-order valence-corrected chi connectivity index (χ0v) is 11.2. The Morgan fingerprint density at radius 3 is 2.59 bits per heavy atom. The lowest BCUT2D eigenvalue weighted by molar-refractivity contribution is 0.249. The first-order valence-corrected chi connectivity index (χ1v) is 7.18. The Morgan fingerprint density at radius 1 is 1.35 bits per heavy atom. The van der Waals surface area contributed by atoms with Crippen LogP contribution < -0.4 is 4.72 Å². The van der Waals surface area contributed by atoms with Gasteiger partial charge >= 0.3 is 0 Å². The van der Waals surface area contributed by atoms with Crippen LogP contribution in [0.15, 0.2) is 18.2 Å². The fraction of sp³-hybridized carbons (Fsp3) is 0.500. The molecular weight excluding hydrogens is 238 g/mol. The van der Waals surface area contributed by atoms with E-state index in [1.807, 2.05) is 26.0 Å². The summed E-state index contributed by atoms with van der Waals surface area (Å²) in [5, 5.41) is 8.87. The number of aryl methyl sites for hydroxylation is 1. The van der Waals surface area contributed by atoms with Gasteiger partial charge in [-0.1, -0.05) is 19.1 Å². The fourth-order valence-electron chi connectivity index (χ4n) is 1.50. The molecule has 0 amide bonds. The van der Waals surface area contributed by atoms with E-state index >= 15 is 0 Å². The summed E-state index contributed by atoms with van der Waals surface area (Å²) in [6, 6.07) is 5.49. The molecule has 0 bridgehead atoms. The molecule has 1 aromatic carbocycles. The van der Waals surface area contributed by atoms with Crippen LogP contribution in [0.4, 0.5) is 5.69 Å². The molecule has 1 atom stereocenters. The van der Waals surface area contributed by atoms with Gasteiger partial charge in [0.1, 0.15) is 0 Å². The number of nitrogens with one attached hydrogen (secondary N) is 1. The van der Waals surface area contributed by atoms with E-state index in [2.05, 4.69) is 4.72 Å². The molecule has 0 aromatic heterocycles. The summed E-state index contributed by atoms with van der Waals surface area (Å²) in [4.78, 5) is 0. The van der Waals surface area contributed by atoms with Gasteiger partial charge in [-0.2, -0.15) is 0 Å². The summed E-state index contributed by atoms with van der Waals surface area (Å²) in [6.07, 6.45) is 0. The van der Waals surface area contributed by atoms with Crippen molar-refractivity contribution in [2.45, 2.75) is 20.8 Å². The van der Waals surface area contributed by atoms with Gasteiger partial charge in [-0.25, -0.2) is 8.42 Å². The first-order chi connectivity index (χ1) is 7.85. The molecule has 96 valence electrons. The van der Waals surface area contributed by atoms with Gasteiger partial charge in [0.2, 0.25) is 10.0 Å². The number of sulfonamides is 1. The third kappa shape index (κ3) is 4.02. The van der Waals surface area contributed by atoms with Gasteiger partial charge in [0, 0.05) is 6.61 Å². The van der Waals surface area contributed by atoms with Crippen LogP contribution in [0.1, 0.15) is 18.1 Å². The maximum atomic E-state index is 11.8. The molecule has 0 heterocycles. The lowest BCUT2D eigenvalue weighted by Crippen LogP contribution is -2.23. The minimum absolute atomic E-state index is 0.0725. The molecule has 0 radical (unpaired) electrons. The Balaban J connectivity index is 2.87. The zero-order valence-electron chi connectivity index (χ0n) is 10.4. The highest BCUT2D eigenvalue weighted by Gasteiger charge is 2.16. The number of aliphatic hydroxyl groups excluding tert-OH is 1. The van der Waals surface area contributed by atoms with E-state index in [9.17, 15) is 8.42 Å². The highest BCUT2D eigenvalue weighted by Crippen LogP contribution is 2.19. The third-order valence-corrected chi connectivity index (χ3v) is 4.22. The van der Waals surface area contributed by atoms with Gasteiger partial charge in [-0.3, -0.25) is 4.72 Å². The van der Waals surface area contributed by atoms with Crippen LogP contribution in [0.25, 0.3) is 0 Å². The van der Waals surface area contributed by atoms with Crippen molar-refractivity contribution in [3.63, 3.8) is 0 Å². The predicted octanol–water partition coefficient (Wildman–Crippen LogP) is 1.67. The van der Waals surface area contributed by atoms with E-state index in [-0.39, 0.29) is 18.3 Å². The van der Waals surface area contributed by atoms with Crippen molar-refractivity contribution in [1.82, 2.24) is 0 Å². The number of benzene rings is 1. The number of hydrogen-bond acceptors (Lipinski definition) is 3. The largest absolute Gasteiger partial charge is 0.396 e. The Morgan fingerprint density at radius 2 is 2.00 bits per heavy atom. The normalized spacial score (nSPS) is 13.4. The molecule has 0 saturated carbocycles. The van der Waals surface area contributed by atoms with Crippen LogP contribution in [0.3, 0.4) is 0 Å². The van der Waals surface area contributed by atoms with E-state index in [0.717, 1.165) is 11.1 Å². The quantitative estimate of drug-likeness (QED) is 0.843. The van der Waals surface area contributed by atoms with Gasteiger partial charge < -0.3 is 5.11 Å². The van der Waals surface area contributed by atoms with Crippen molar-refractivity contribution in [2.75, 3.05) is 17.1 Å². The topological polar surface area (TPSA) is 66.4 Å². The van der Waals surface area contributed by atoms with E-state index in [1.165, 1.54) is 0 Å². The van der Waals surface area contributed by atoms with E-state index < -0.39 is 10.0 Å². The molecule has 17 heavy (non-hydrogen) atoms. The fourth-order valence-corrected chi connectivity index (χ4v) is 2.99. The second kappa shape index (κ2) is 5.51. The molecule has 4 nitrogen and oxygen atoms in total. The second-order valence-corrected chi connectivity index (χ2v) is 6.19. The standard InChI is InChI=1S/C12H19NO3S/c1-9(7-14)8-17(15,16)13-12-6-4-5-10(2)11(12)3/h4-6,9,13-14H,7-8H2,1-3H3. The molecule has 0 spiro atoms. The molecule has 1 unspecified atom stereocenters. The molecule has 0 aliphatic heterocycles.